The van der Waals surface area contributed by atoms with Crippen LogP contribution >= 0.6 is 35.1 Å². The smallest absolute Gasteiger partial charge is 0.329 e. The van der Waals surface area contributed by atoms with Crippen LogP contribution in [0.3, 0.4) is 0 Å². The predicted molar refractivity (Wildman–Crippen MR) is 104 cm³/mol. The molecule has 0 aliphatic carbocycles. The van der Waals surface area contributed by atoms with E-state index in [4.69, 9.17) is 28.3 Å². The van der Waals surface area contributed by atoms with Gasteiger partial charge in [0.15, 0.2) is 0 Å². The van der Waals surface area contributed by atoms with Crippen molar-refractivity contribution < 1.29 is 14.7 Å². The Balaban J connectivity index is 2.03. The van der Waals surface area contributed by atoms with Gasteiger partial charge in [0.05, 0.1) is 12.1 Å². The van der Waals surface area contributed by atoms with Crippen molar-refractivity contribution in [2.24, 2.45) is 4.99 Å². The maximum absolute atomic E-state index is 12.0. The van der Waals surface area contributed by atoms with Crippen LogP contribution in [0.1, 0.15) is 15.9 Å². The topological polar surface area (TPSA) is 82.0 Å². The standard InChI is InChI=1S/C17H15Cl2N3O3S/c18-14-5-1-12(2-6-14)9-22(17(25)20-10-23)26-11-21-16(24)13-3-7-15(19)8-4-13/h1-8,11,23H,9-10H2,(H,20,25)/b21-11+. The maximum Gasteiger partial charge on any atom is 0.329 e. The summed E-state index contributed by atoms with van der Waals surface area (Å²) < 4.78 is 1.32. The molecule has 0 fully saturated rings. The first-order valence-electron chi connectivity index (χ1n) is 7.39. The number of aliphatic hydroxyl groups excluding tert-OH is 1. The van der Waals surface area contributed by atoms with Crippen molar-refractivity contribution in [3.8, 4) is 0 Å². The van der Waals surface area contributed by atoms with Crippen LogP contribution in [0.2, 0.25) is 10.0 Å². The molecule has 0 aromatic heterocycles. The summed E-state index contributed by atoms with van der Waals surface area (Å²) in [6.07, 6.45) is 0. The fraction of sp³-hybridized carbons (Fsp3) is 0.118. The molecule has 2 rings (SSSR count). The zero-order valence-electron chi connectivity index (χ0n) is 13.4. The SMILES string of the molecule is O=C(/N=C/SN(Cc1ccc(Cl)cc1)C(=O)NCO)c1ccc(Cl)cc1. The monoisotopic (exact) mass is 411 g/mol. The van der Waals surface area contributed by atoms with Gasteiger partial charge in [0.25, 0.3) is 5.91 Å². The van der Waals surface area contributed by atoms with Gasteiger partial charge in [0.1, 0.15) is 6.73 Å². The molecule has 9 heteroatoms. The molecule has 6 nitrogen and oxygen atoms in total. The van der Waals surface area contributed by atoms with Crippen LogP contribution in [0.15, 0.2) is 53.5 Å². The summed E-state index contributed by atoms with van der Waals surface area (Å²) in [5.41, 5.74) is 2.48. The minimum atomic E-state index is -0.516. The summed E-state index contributed by atoms with van der Waals surface area (Å²) >= 11 is 12.6. The van der Waals surface area contributed by atoms with E-state index in [0.29, 0.717) is 15.6 Å². The van der Waals surface area contributed by atoms with E-state index in [9.17, 15) is 9.59 Å². The number of halogens is 2. The molecular formula is C17H15Cl2N3O3S. The number of nitrogens with zero attached hydrogens (tertiary/aromatic N) is 2. The molecule has 2 N–H and O–H groups in total. The molecule has 136 valence electrons. The molecule has 0 radical (unpaired) electrons. The Labute approximate surface area is 165 Å². The van der Waals surface area contributed by atoms with Crippen LogP contribution < -0.4 is 5.32 Å². The molecule has 0 saturated heterocycles. The number of urea groups is 1. The number of aliphatic imine (C=N–C) groups is 1. The predicted octanol–water partition coefficient (Wildman–Crippen LogP) is 3.97. The van der Waals surface area contributed by atoms with Gasteiger partial charge in [-0.15, -0.1) is 0 Å². The van der Waals surface area contributed by atoms with Crippen molar-refractivity contribution >= 4 is 52.6 Å². The summed E-state index contributed by atoms with van der Waals surface area (Å²) in [5.74, 6) is -0.455. The minimum absolute atomic E-state index is 0.231. The lowest BCUT2D eigenvalue weighted by Crippen LogP contribution is -2.35. The molecule has 0 heterocycles. The fourth-order valence-corrected chi connectivity index (χ4v) is 2.76. The summed E-state index contributed by atoms with van der Waals surface area (Å²) in [7, 11) is 0. The Morgan fingerprint density at radius 3 is 2.23 bits per heavy atom. The number of nitrogens with one attached hydrogen (secondary N) is 1. The van der Waals surface area contributed by atoms with E-state index in [2.05, 4.69) is 10.3 Å². The molecule has 0 spiro atoms. The summed E-state index contributed by atoms with van der Waals surface area (Å²) in [4.78, 5) is 27.9. The molecular weight excluding hydrogens is 397 g/mol. The Bertz CT molecular complexity index is 783. The maximum atomic E-state index is 12.0. The first-order valence-corrected chi connectivity index (χ1v) is 8.98. The molecule has 0 bridgehead atoms. The van der Waals surface area contributed by atoms with Gasteiger partial charge in [-0.3, -0.25) is 9.10 Å². The van der Waals surface area contributed by atoms with Crippen LogP contribution in [-0.2, 0) is 6.54 Å². The zero-order valence-corrected chi connectivity index (χ0v) is 15.8. The van der Waals surface area contributed by atoms with Gasteiger partial charge in [-0.05, 0) is 42.0 Å². The molecule has 0 aliphatic rings. The number of aliphatic hydroxyl groups is 1. The van der Waals surface area contributed by atoms with Gasteiger partial charge in [-0.1, -0.05) is 35.3 Å². The average molecular weight is 412 g/mol. The van der Waals surface area contributed by atoms with Crippen molar-refractivity contribution in [3.05, 3.63) is 69.7 Å². The van der Waals surface area contributed by atoms with Gasteiger partial charge in [0.2, 0.25) is 0 Å². The summed E-state index contributed by atoms with van der Waals surface area (Å²) in [5, 5.41) is 12.3. The quantitative estimate of drug-likeness (QED) is 0.326. The number of hydrogen-bond acceptors (Lipinski definition) is 4. The third-order valence-corrected chi connectivity index (χ3v) is 4.38. The normalized spacial score (nSPS) is 10.7. The Morgan fingerprint density at radius 1 is 1.08 bits per heavy atom. The zero-order chi connectivity index (χ0) is 18.9. The van der Waals surface area contributed by atoms with Gasteiger partial charge in [0, 0.05) is 27.6 Å². The summed E-state index contributed by atoms with van der Waals surface area (Å²) in [6.45, 7) is -0.272. The highest BCUT2D eigenvalue weighted by atomic mass is 35.5. The van der Waals surface area contributed by atoms with E-state index in [1.54, 1.807) is 48.5 Å². The van der Waals surface area contributed by atoms with Crippen molar-refractivity contribution in [1.82, 2.24) is 9.62 Å². The van der Waals surface area contributed by atoms with Crippen LogP contribution in [0.25, 0.3) is 0 Å². The minimum Gasteiger partial charge on any atom is -0.376 e. The first-order chi connectivity index (χ1) is 12.5. The lowest BCUT2D eigenvalue weighted by Gasteiger charge is -2.19. The average Bonchev–Trinajstić information content (AvgIpc) is 2.63. The molecule has 0 saturated carbocycles. The molecule has 2 aromatic rings. The molecule has 0 aliphatic heterocycles. The second-order valence-electron chi connectivity index (χ2n) is 4.96. The van der Waals surface area contributed by atoms with Gasteiger partial charge in [-0.2, -0.15) is 0 Å². The lowest BCUT2D eigenvalue weighted by molar-refractivity contribution is 0.100. The van der Waals surface area contributed by atoms with Gasteiger partial charge >= 0.3 is 6.03 Å². The van der Waals surface area contributed by atoms with E-state index < -0.39 is 18.7 Å². The Kier molecular flexibility index (Phi) is 7.93. The van der Waals surface area contributed by atoms with Crippen LogP contribution in [0.4, 0.5) is 4.79 Å². The molecule has 2 aromatic carbocycles. The molecule has 3 amide bonds. The Morgan fingerprint density at radius 2 is 1.65 bits per heavy atom. The highest BCUT2D eigenvalue weighted by Gasteiger charge is 2.14. The fourth-order valence-electron chi connectivity index (χ4n) is 1.86. The van der Waals surface area contributed by atoms with Crippen LogP contribution in [-0.4, -0.2) is 33.6 Å². The third kappa shape index (κ3) is 6.34. The van der Waals surface area contributed by atoms with Crippen LogP contribution in [0, 0.1) is 0 Å². The largest absolute Gasteiger partial charge is 0.376 e. The highest BCUT2D eigenvalue weighted by Crippen LogP contribution is 2.17. The number of benzene rings is 2. The van der Waals surface area contributed by atoms with Crippen molar-refractivity contribution in [2.45, 2.75) is 6.54 Å². The number of rotatable bonds is 6. The van der Waals surface area contributed by atoms with E-state index >= 15 is 0 Å². The van der Waals surface area contributed by atoms with E-state index in [1.165, 1.54) is 9.85 Å². The highest BCUT2D eigenvalue weighted by molar-refractivity contribution is 8.10. The van der Waals surface area contributed by atoms with Crippen LogP contribution in [0.5, 0.6) is 0 Å². The Hall–Kier alpha value is -2.06. The van der Waals surface area contributed by atoms with E-state index in [0.717, 1.165) is 17.5 Å². The molecule has 26 heavy (non-hydrogen) atoms. The number of amides is 3. The van der Waals surface area contributed by atoms with Gasteiger partial charge < -0.3 is 10.4 Å². The second-order valence-corrected chi connectivity index (χ2v) is 6.69. The number of carbonyl (C=O) groups excluding carboxylic acids is 2. The van der Waals surface area contributed by atoms with Crippen molar-refractivity contribution in [3.63, 3.8) is 0 Å². The van der Waals surface area contributed by atoms with E-state index in [1.807, 2.05) is 0 Å². The second kappa shape index (κ2) is 10.2. The number of carbonyl (C=O) groups is 2. The third-order valence-electron chi connectivity index (χ3n) is 3.13. The summed E-state index contributed by atoms with van der Waals surface area (Å²) in [6, 6.07) is 12.8. The van der Waals surface area contributed by atoms with Crippen molar-refractivity contribution in [2.75, 3.05) is 6.73 Å². The van der Waals surface area contributed by atoms with Crippen molar-refractivity contribution in [1.29, 1.82) is 0 Å². The number of hydrogen-bond donors (Lipinski definition) is 2. The lowest BCUT2D eigenvalue weighted by atomic mass is 10.2. The molecule has 0 unspecified atom stereocenters. The van der Waals surface area contributed by atoms with Gasteiger partial charge in [-0.25, -0.2) is 9.79 Å². The van der Waals surface area contributed by atoms with E-state index in [-0.39, 0.29) is 6.54 Å². The first kappa shape index (κ1) is 20.3. The molecule has 0 atom stereocenters.